The Balaban J connectivity index is 2.68. The Morgan fingerprint density at radius 3 is 2.47 bits per heavy atom. The molecule has 1 fully saturated rings. The largest absolute Gasteiger partial charge is 0.314 e. The van der Waals surface area contributed by atoms with Gasteiger partial charge in [0, 0.05) is 37.0 Å². The van der Waals surface area contributed by atoms with Gasteiger partial charge in [0.2, 0.25) is 0 Å². The van der Waals surface area contributed by atoms with Crippen molar-refractivity contribution in [2.24, 2.45) is 5.92 Å². The third kappa shape index (κ3) is 3.87. The molecule has 1 rings (SSSR count). The average molecular weight is 258 g/mol. The molecule has 0 aromatic heterocycles. The standard InChI is InChI=1S/C14H30N2S/c1-6-14(7-2,17-5)11-16-9-8-15-10-13(16)12(3)4/h12-13,15H,6-11H2,1-5H3. The summed E-state index contributed by atoms with van der Waals surface area (Å²) in [6.45, 7) is 14.2. The van der Waals surface area contributed by atoms with E-state index in [0.29, 0.717) is 10.8 Å². The molecule has 0 bridgehead atoms. The van der Waals surface area contributed by atoms with Crippen LogP contribution in [0.25, 0.3) is 0 Å². The fraction of sp³-hybridized carbons (Fsp3) is 1.00. The summed E-state index contributed by atoms with van der Waals surface area (Å²) in [5.74, 6) is 0.746. The second-order valence-electron chi connectivity index (χ2n) is 5.58. The summed E-state index contributed by atoms with van der Waals surface area (Å²) in [5, 5.41) is 3.54. The lowest BCUT2D eigenvalue weighted by molar-refractivity contribution is 0.110. The van der Waals surface area contributed by atoms with E-state index in [0.717, 1.165) is 19.0 Å². The Hall–Kier alpha value is 0.270. The van der Waals surface area contributed by atoms with E-state index >= 15 is 0 Å². The van der Waals surface area contributed by atoms with Crippen molar-refractivity contribution in [3.05, 3.63) is 0 Å². The highest BCUT2D eigenvalue weighted by Crippen LogP contribution is 2.32. The second kappa shape index (κ2) is 7.01. The first-order chi connectivity index (χ1) is 8.08. The molecule has 1 saturated heterocycles. The SMILES string of the molecule is CCC(CC)(CN1CCNCC1C(C)C)SC. The fourth-order valence-electron chi connectivity index (χ4n) is 2.82. The van der Waals surface area contributed by atoms with E-state index in [1.165, 1.54) is 25.9 Å². The Labute approximate surface area is 112 Å². The number of hydrogen-bond acceptors (Lipinski definition) is 3. The van der Waals surface area contributed by atoms with E-state index in [2.05, 4.69) is 55.9 Å². The molecule has 0 spiro atoms. The molecule has 1 N–H and O–H groups in total. The van der Waals surface area contributed by atoms with E-state index in [1.807, 2.05) is 0 Å². The molecule has 1 unspecified atom stereocenters. The van der Waals surface area contributed by atoms with Gasteiger partial charge in [0.25, 0.3) is 0 Å². The maximum absolute atomic E-state index is 3.54. The Morgan fingerprint density at radius 2 is 2.00 bits per heavy atom. The zero-order valence-corrected chi connectivity index (χ0v) is 13.1. The van der Waals surface area contributed by atoms with Crippen LogP contribution in [0.15, 0.2) is 0 Å². The maximum atomic E-state index is 3.54. The molecule has 1 atom stereocenters. The van der Waals surface area contributed by atoms with Crippen LogP contribution in [0.2, 0.25) is 0 Å². The first kappa shape index (κ1) is 15.3. The summed E-state index contributed by atoms with van der Waals surface area (Å²) in [6, 6.07) is 0.716. The highest BCUT2D eigenvalue weighted by molar-refractivity contribution is 8.00. The predicted molar refractivity (Wildman–Crippen MR) is 79.9 cm³/mol. The Kier molecular flexibility index (Phi) is 6.32. The van der Waals surface area contributed by atoms with Crippen LogP contribution >= 0.6 is 11.8 Å². The van der Waals surface area contributed by atoms with Crippen molar-refractivity contribution in [3.63, 3.8) is 0 Å². The summed E-state index contributed by atoms with van der Waals surface area (Å²) in [6.07, 6.45) is 4.83. The van der Waals surface area contributed by atoms with Crippen LogP contribution in [-0.2, 0) is 0 Å². The lowest BCUT2D eigenvalue weighted by atomic mass is 9.96. The van der Waals surface area contributed by atoms with Gasteiger partial charge in [0.05, 0.1) is 0 Å². The molecule has 102 valence electrons. The molecule has 0 radical (unpaired) electrons. The van der Waals surface area contributed by atoms with Crippen LogP contribution in [0.3, 0.4) is 0 Å². The monoisotopic (exact) mass is 258 g/mol. The van der Waals surface area contributed by atoms with Crippen molar-refractivity contribution in [2.75, 3.05) is 32.4 Å². The van der Waals surface area contributed by atoms with Crippen molar-refractivity contribution in [1.29, 1.82) is 0 Å². The zero-order valence-electron chi connectivity index (χ0n) is 12.3. The molecule has 1 aliphatic rings. The number of hydrogen-bond donors (Lipinski definition) is 1. The van der Waals surface area contributed by atoms with Crippen LogP contribution < -0.4 is 5.32 Å². The molecular weight excluding hydrogens is 228 g/mol. The average Bonchev–Trinajstić information content (AvgIpc) is 2.36. The van der Waals surface area contributed by atoms with Crippen LogP contribution in [0.5, 0.6) is 0 Å². The summed E-state index contributed by atoms with van der Waals surface area (Å²) < 4.78 is 0.463. The van der Waals surface area contributed by atoms with Gasteiger partial charge in [0.15, 0.2) is 0 Å². The molecule has 0 aromatic carbocycles. The minimum atomic E-state index is 0.463. The van der Waals surface area contributed by atoms with E-state index in [4.69, 9.17) is 0 Å². The molecule has 0 aliphatic carbocycles. The van der Waals surface area contributed by atoms with E-state index in [9.17, 15) is 0 Å². The van der Waals surface area contributed by atoms with Crippen LogP contribution in [0.1, 0.15) is 40.5 Å². The van der Waals surface area contributed by atoms with Crippen molar-refractivity contribution < 1.29 is 0 Å². The topological polar surface area (TPSA) is 15.3 Å². The van der Waals surface area contributed by atoms with Crippen molar-refractivity contribution in [1.82, 2.24) is 10.2 Å². The molecule has 1 heterocycles. The van der Waals surface area contributed by atoms with Crippen molar-refractivity contribution >= 4 is 11.8 Å². The summed E-state index contributed by atoms with van der Waals surface area (Å²) in [7, 11) is 0. The van der Waals surface area contributed by atoms with Gasteiger partial charge in [-0.1, -0.05) is 27.7 Å². The Bertz CT molecular complexity index is 206. The molecule has 0 amide bonds. The third-order valence-corrected chi connectivity index (χ3v) is 5.95. The minimum Gasteiger partial charge on any atom is -0.314 e. The zero-order chi connectivity index (χ0) is 12.9. The number of piperazine rings is 1. The Morgan fingerprint density at radius 1 is 1.35 bits per heavy atom. The third-order valence-electron chi connectivity index (χ3n) is 4.38. The molecule has 3 heteroatoms. The van der Waals surface area contributed by atoms with Gasteiger partial charge in [-0.3, -0.25) is 4.90 Å². The van der Waals surface area contributed by atoms with Gasteiger partial charge < -0.3 is 5.32 Å². The second-order valence-corrected chi connectivity index (χ2v) is 6.85. The first-order valence-corrected chi connectivity index (χ1v) is 8.31. The van der Waals surface area contributed by atoms with E-state index in [-0.39, 0.29) is 0 Å². The van der Waals surface area contributed by atoms with Crippen molar-refractivity contribution in [2.45, 2.75) is 51.3 Å². The lowest BCUT2D eigenvalue weighted by Crippen LogP contribution is -2.57. The van der Waals surface area contributed by atoms with Crippen molar-refractivity contribution in [3.8, 4) is 0 Å². The number of nitrogens with one attached hydrogen (secondary N) is 1. The van der Waals surface area contributed by atoms with Crippen LogP contribution in [-0.4, -0.2) is 48.1 Å². The summed E-state index contributed by atoms with van der Waals surface area (Å²) >= 11 is 2.06. The molecule has 0 saturated carbocycles. The van der Waals surface area contributed by atoms with Gasteiger partial charge in [-0.25, -0.2) is 0 Å². The van der Waals surface area contributed by atoms with E-state index in [1.54, 1.807) is 0 Å². The van der Waals surface area contributed by atoms with Gasteiger partial charge in [-0.05, 0) is 25.0 Å². The van der Waals surface area contributed by atoms with Gasteiger partial charge in [-0.2, -0.15) is 11.8 Å². The highest BCUT2D eigenvalue weighted by Gasteiger charge is 2.33. The fourth-order valence-corrected chi connectivity index (χ4v) is 3.69. The number of thioether (sulfide) groups is 1. The minimum absolute atomic E-state index is 0.463. The molecule has 2 nitrogen and oxygen atoms in total. The van der Waals surface area contributed by atoms with Gasteiger partial charge in [-0.15, -0.1) is 0 Å². The van der Waals surface area contributed by atoms with E-state index < -0.39 is 0 Å². The van der Waals surface area contributed by atoms with Gasteiger partial charge >= 0.3 is 0 Å². The molecule has 17 heavy (non-hydrogen) atoms. The summed E-state index contributed by atoms with van der Waals surface area (Å²) in [4.78, 5) is 2.73. The lowest BCUT2D eigenvalue weighted by Gasteiger charge is -2.44. The summed E-state index contributed by atoms with van der Waals surface area (Å²) in [5.41, 5.74) is 0. The molecule has 1 aliphatic heterocycles. The van der Waals surface area contributed by atoms with Crippen LogP contribution in [0, 0.1) is 5.92 Å². The normalized spacial score (nSPS) is 23.3. The smallest absolute Gasteiger partial charge is 0.0279 e. The van der Waals surface area contributed by atoms with Gasteiger partial charge in [0.1, 0.15) is 0 Å². The first-order valence-electron chi connectivity index (χ1n) is 7.08. The predicted octanol–water partition coefficient (Wildman–Crippen LogP) is 2.84. The quantitative estimate of drug-likeness (QED) is 0.789. The molecular formula is C14H30N2S. The number of nitrogens with zero attached hydrogens (tertiary/aromatic N) is 1. The number of rotatable bonds is 6. The molecule has 0 aromatic rings. The highest BCUT2D eigenvalue weighted by atomic mass is 32.2. The van der Waals surface area contributed by atoms with Crippen LogP contribution in [0.4, 0.5) is 0 Å². The maximum Gasteiger partial charge on any atom is 0.0279 e.